The molecule has 0 radical (unpaired) electrons. The van der Waals surface area contributed by atoms with Gasteiger partial charge in [-0.15, -0.1) is 0 Å². The largest absolute Gasteiger partial charge is 0.339 e. The molecule has 2 amide bonds. The number of benzene rings is 2. The fourth-order valence-electron chi connectivity index (χ4n) is 3.89. The third-order valence-electron chi connectivity index (χ3n) is 5.80. The van der Waals surface area contributed by atoms with Crippen LogP contribution in [0.1, 0.15) is 37.0 Å². The van der Waals surface area contributed by atoms with Crippen LogP contribution in [0.2, 0.25) is 0 Å². The molecule has 2 aromatic carbocycles. The van der Waals surface area contributed by atoms with Gasteiger partial charge in [-0.25, -0.2) is 13.1 Å². The van der Waals surface area contributed by atoms with Crippen molar-refractivity contribution in [2.24, 2.45) is 0 Å². The van der Waals surface area contributed by atoms with Crippen LogP contribution < -0.4 is 10.0 Å². The molecule has 33 heavy (non-hydrogen) atoms. The van der Waals surface area contributed by atoms with Crippen LogP contribution in [0.4, 0.5) is 5.69 Å². The second-order valence-electron chi connectivity index (χ2n) is 8.09. The van der Waals surface area contributed by atoms with Crippen molar-refractivity contribution in [3.05, 3.63) is 60.2 Å². The minimum atomic E-state index is -3.69. The van der Waals surface area contributed by atoms with Gasteiger partial charge in [-0.1, -0.05) is 18.2 Å². The van der Waals surface area contributed by atoms with Gasteiger partial charge < -0.3 is 10.2 Å². The first-order valence-electron chi connectivity index (χ1n) is 11.3. The van der Waals surface area contributed by atoms with E-state index >= 15 is 0 Å². The van der Waals surface area contributed by atoms with Crippen LogP contribution in [0.25, 0.3) is 0 Å². The zero-order chi connectivity index (χ0) is 23.8. The number of hydrogen-bond donors (Lipinski definition) is 2. The van der Waals surface area contributed by atoms with E-state index in [1.807, 2.05) is 49.1 Å². The topological polar surface area (TPSA) is 98.8 Å². The smallest absolute Gasteiger partial charge is 0.253 e. The van der Waals surface area contributed by atoms with Crippen LogP contribution in [-0.4, -0.2) is 68.8 Å². The number of likely N-dealkylation sites (tertiary alicyclic amines) is 1. The van der Waals surface area contributed by atoms with Gasteiger partial charge in [-0.05, 0) is 63.1 Å². The highest BCUT2D eigenvalue weighted by Crippen LogP contribution is 2.17. The van der Waals surface area contributed by atoms with E-state index in [1.165, 1.54) is 12.1 Å². The number of anilines is 1. The molecule has 1 heterocycles. The van der Waals surface area contributed by atoms with Crippen molar-refractivity contribution in [1.82, 2.24) is 14.5 Å². The lowest BCUT2D eigenvalue weighted by Gasteiger charge is -2.31. The van der Waals surface area contributed by atoms with E-state index in [0.29, 0.717) is 44.6 Å². The van der Waals surface area contributed by atoms with E-state index in [1.54, 1.807) is 17.0 Å². The van der Waals surface area contributed by atoms with Gasteiger partial charge in [-0.3, -0.25) is 14.5 Å². The number of carbonyl (C=O) groups is 2. The molecule has 1 aliphatic rings. The fourth-order valence-corrected chi connectivity index (χ4v) is 5.20. The molecule has 9 heteroatoms. The Morgan fingerprint density at radius 2 is 1.58 bits per heavy atom. The zero-order valence-electron chi connectivity index (χ0n) is 19.2. The second kappa shape index (κ2) is 11.4. The summed E-state index contributed by atoms with van der Waals surface area (Å²) < 4.78 is 28.4. The summed E-state index contributed by atoms with van der Waals surface area (Å²) in [5.74, 6) is -0.194. The maximum atomic E-state index is 12.8. The Morgan fingerprint density at radius 1 is 0.970 bits per heavy atom. The Balaban J connectivity index is 1.50. The molecule has 1 saturated heterocycles. The Kier molecular flexibility index (Phi) is 8.60. The van der Waals surface area contributed by atoms with Crippen LogP contribution in [0, 0.1) is 0 Å². The summed E-state index contributed by atoms with van der Waals surface area (Å²) in [6.07, 6.45) is 1.24. The highest BCUT2D eigenvalue weighted by molar-refractivity contribution is 7.89. The first-order valence-corrected chi connectivity index (χ1v) is 12.8. The van der Waals surface area contributed by atoms with E-state index in [-0.39, 0.29) is 29.3 Å². The molecule has 178 valence electrons. The van der Waals surface area contributed by atoms with Gasteiger partial charge >= 0.3 is 0 Å². The van der Waals surface area contributed by atoms with Gasteiger partial charge in [0.1, 0.15) is 0 Å². The number of nitrogens with one attached hydrogen (secondary N) is 2. The number of nitrogens with zero attached hydrogens (tertiary/aromatic N) is 2. The quantitative estimate of drug-likeness (QED) is 0.584. The van der Waals surface area contributed by atoms with E-state index < -0.39 is 10.0 Å². The van der Waals surface area contributed by atoms with E-state index in [2.05, 4.69) is 10.0 Å². The molecule has 0 saturated carbocycles. The van der Waals surface area contributed by atoms with Crippen LogP contribution in [0.15, 0.2) is 59.5 Å². The van der Waals surface area contributed by atoms with Gasteiger partial charge in [0.15, 0.2) is 0 Å². The summed E-state index contributed by atoms with van der Waals surface area (Å²) in [6.45, 7) is 6.55. The van der Waals surface area contributed by atoms with Crippen LogP contribution in [0.5, 0.6) is 0 Å². The average molecular weight is 473 g/mol. The van der Waals surface area contributed by atoms with E-state index in [9.17, 15) is 18.0 Å². The number of carbonyl (C=O) groups excluding carboxylic acids is 2. The second-order valence-corrected chi connectivity index (χ2v) is 9.80. The average Bonchev–Trinajstić information content (AvgIpc) is 2.81. The fraction of sp³-hybridized carbons (Fsp3) is 0.417. The Bertz CT molecular complexity index is 1030. The molecule has 0 aromatic heterocycles. The first kappa shape index (κ1) is 24.9. The van der Waals surface area contributed by atoms with Gasteiger partial charge in [0.05, 0.1) is 11.4 Å². The van der Waals surface area contributed by atoms with Crippen molar-refractivity contribution in [2.45, 2.75) is 37.6 Å². The van der Waals surface area contributed by atoms with Crippen molar-refractivity contribution in [2.75, 3.05) is 38.0 Å². The molecule has 0 unspecified atom stereocenters. The first-order chi connectivity index (χ1) is 15.8. The third kappa shape index (κ3) is 6.86. The molecule has 1 fully saturated rings. The number of amides is 2. The van der Waals surface area contributed by atoms with Crippen molar-refractivity contribution in [3.63, 3.8) is 0 Å². The van der Waals surface area contributed by atoms with Gasteiger partial charge in [-0.2, -0.15) is 0 Å². The summed E-state index contributed by atoms with van der Waals surface area (Å²) >= 11 is 0. The Morgan fingerprint density at radius 3 is 2.15 bits per heavy atom. The predicted molar refractivity (Wildman–Crippen MR) is 129 cm³/mol. The number of para-hydroxylation sites is 1. The van der Waals surface area contributed by atoms with Crippen LogP contribution in [0.3, 0.4) is 0 Å². The molecule has 0 aliphatic carbocycles. The van der Waals surface area contributed by atoms with Gasteiger partial charge in [0.2, 0.25) is 15.9 Å². The lowest BCUT2D eigenvalue weighted by molar-refractivity contribution is -0.117. The normalized spacial score (nSPS) is 15.2. The van der Waals surface area contributed by atoms with Crippen LogP contribution in [-0.2, 0) is 14.8 Å². The molecule has 0 atom stereocenters. The molecule has 3 rings (SSSR count). The highest BCUT2D eigenvalue weighted by atomic mass is 32.2. The summed E-state index contributed by atoms with van der Waals surface area (Å²) in [6, 6.07) is 15.2. The SMILES string of the molecule is CCN(CC)C(=O)c1ccc(S(=O)(=O)NC2CCN(CC(=O)Nc3ccccc3)CC2)cc1. The maximum Gasteiger partial charge on any atom is 0.253 e. The number of piperidine rings is 1. The minimum absolute atomic E-state index is 0.0837. The molecular weight excluding hydrogens is 440 g/mol. The van der Waals surface area contributed by atoms with Crippen molar-refractivity contribution in [1.29, 1.82) is 0 Å². The highest BCUT2D eigenvalue weighted by Gasteiger charge is 2.26. The standard InChI is InChI=1S/C24H32N4O4S/c1-3-28(4-2)24(30)19-10-12-22(13-11-19)33(31,32)26-21-14-16-27(17-15-21)18-23(29)25-20-8-6-5-7-9-20/h5-13,21,26H,3-4,14-18H2,1-2H3,(H,25,29). The molecule has 8 nitrogen and oxygen atoms in total. The Labute approximate surface area is 196 Å². The van der Waals surface area contributed by atoms with E-state index in [4.69, 9.17) is 0 Å². The van der Waals surface area contributed by atoms with Gasteiger partial charge in [0.25, 0.3) is 5.91 Å². The lowest BCUT2D eigenvalue weighted by Crippen LogP contribution is -2.46. The summed E-state index contributed by atoms with van der Waals surface area (Å²) in [5, 5.41) is 2.87. The van der Waals surface area contributed by atoms with Gasteiger partial charge in [0, 0.05) is 43.5 Å². The molecule has 2 aromatic rings. The van der Waals surface area contributed by atoms with Crippen molar-refractivity contribution >= 4 is 27.5 Å². The summed E-state index contributed by atoms with van der Waals surface area (Å²) in [7, 11) is -3.69. The molecule has 1 aliphatic heterocycles. The number of rotatable bonds is 9. The minimum Gasteiger partial charge on any atom is -0.339 e. The number of sulfonamides is 1. The van der Waals surface area contributed by atoms with E-state index in [0.717, 1.165) is 5.69 Å². The molecule has 0 spiro atoms. The Hall–Kier alpha value is -2.75. The third-order valence-corrected chi connectivity index (χ3v) is 7.33. The molecular formula is C24H32N4O4S. The van der Waals surface area contributed by atoms with Crippen LogP contribution >= 0.6 is 0 Å². The summed E-state index contributed by atoms with van der Waals surface area (Å²) in [5.41, 5.74) is 1.23. The predicted octanol–water partition coefficient (Wildman–Crippen LogP) is 2.55. The zero-order valence-corrected chi connectivity index (χ0v) is 20.0. The molecule has 0 bridgehead atoms. The summed E-state index contributed by atoms with van der Waals surface area (Å²) in [4.78, 5) is 28.5. The number of hydrogen-bond acceptors (Lipinski definition) is 5. The van der Waals surface area contributed by atoms with Crippen molar-refractivity contribution in [3.8, 4) is 0 Å². The monoisotopic (exact) mass is 472 g/mol. The maximum absolute atomic E-state index is 12.8. The van der Waals surface area contributed by atoms with Crippen molar-refractivity contribution < 1.29 is 18.0 Å². The molecule has 2 N–H and O–H groups in total. The lowest BCUT2D eigenvalue weighted by atomic mass is 10.1.